The summed E-state index contributed by atoms with van der Waals surface area (Å²) >= 11 is 24.3. The van der Waals surface area contributed by atoms with Crippen LogP contribution < -0.4 is 20.4 Å². The van der Waals surface area contributed by atoms with Crippen LogP contribution in [-0.2, 0) is 28.7 Å². The molecule has 4 aliphatic rings. The van der Waals surface area contributed by atoms with Gasteiger partial charge in [0.1, 0.15) is 11.1 Å². The number of esters is 2. The number of carbonyl (C=O) groups is 8. The molecule has 24 heteroatoms. The number of carboxylic acids is 2. The van der Waals surface area contributed by atoms with Gasteiger partial charge >= 0.3 is 35.9 Å². The van der Waals surface area contributed by atoms with Crippen LogP contribution >= 0.6 is 46.4 Å². The first-order valence-electron chi connectivity index (χ1n) is 25.5. The molecule has 4 N–H and O–H groups in total. The summed E-state index contributed by atoms with van der Waals surface area (Å²) in [5, 5.41) is 44.6. The highest BCUT2D eigenvalue weighted by Crippen LogP contribution is 2.46. The number of aryl methyl sites for hydroxylation is 2. The fourth-order valence-corrected chi connectivity index (χ4v) is 11.5. The SMILES string of the molecule is CN1C(=O)N(c2cc(Cl)cc(Cl)c2)C(=O)[C@]12CNC[C@H]2c1ccc(C#N)cc1.CN1C(=O)N(c2cc(Cl)cc(Cl)c2)C(=O)[C@]12CNC[C@H]2c1ccc(C#N)cc1.Cc1ccc(C(=O)O[C@H](C(=O)O)[C@@H](OC(=O)c2ccc(C)cc2)C(=O)O)cc1. The Balaban J connectivity index is 0.000000164. The first kappa shape index (κ1) is 61.2. The number of nitrogens with zero attached hydrogens (tertiary/aromatic N) is 6. The molecule has 84 heavy (non-hydrogen) atoms. The predicted octanol–water partition coefficient (Wildman–Crippen LogP) is 9.00. The van der Waals surface area contributed by atoms with Gasteiger partial charge in [0, 0.05) is 72.2 Å². The van der Waals surface area contributed by atoms with Crippen molar-refractivity contribution in [3.63, 3.8) is 0 Å². The lowest BCUT2D eigenvalue weighted by Gasteiger charge is -2.33. The number of aliphatic carboxylic acids is 2. The van der Waals surface area contributed by atoms with E-state index in [2.05, 4.69) is 22.8 Å². The molecule has 0 bridgehead atoms. The Morgan fingerprint density at radius 2 is 0.845 bits per heavy atom. The van der Waals surface area contributed by atoms with Crippen molar-refractivity contribution in [3.8, 4) is 12.1 Å². The van der Waals surface area contributed by atoms with Crippen molar-refractivity contribution in [1.82, 2.24) is 20.4 Å². The molecule has 10 rings (SSSR count). The number of nitrogens with one attached hydrogen (secondary N) is 2. The number of halogens is 4. The summed E-state index contributed by atoms with van der Waals surface area (Å²) in [5.41, 5.74) is 3.25. The van der Waals surface area contributed by atoms with Crippen molar-refractivity contribution in [3.05, 3.63) is 198 Å². The zero-order valence-electron chi connectivity index (χ0n) is 45.0. The van der Waals surface area contributed by atoms with Gasteiger partial charge in [0.05, 0.1) is 45.8 Å². The van der Waals surface area contributed by atoms with Gasteiger partial charge in [0.25, 0.3) is 11.8 Å². The topological polar surface area (TPSA) is 280 Å². The molecule has 4 aliphatic heterocycles. The van der Waals surface area contributed by atoms with Gasteiger partial charge in [-0.1, -0.05) is 106 Å². The quantitative estimate of drug-likeness (QED) is 0.0695. The molecule has 6 aromatic carbocycles. The maximum absolute atomic E-state index is 13.6. The van der Waals surface area contributed by atoms with E-state index in [0.717, 1.165) is 32.1 Å². The summed E-state index contributed by atoms with van der Waals surface area (Å²) in [6.07, 6.45) is -4.44. The van der Waals surface area contributed by atoms with Gasteiger partial charge in [-0.05, 0) is 110 Å². The number of likely N-dealkylation sites (N-methyl/N-ethyl adjacent to an activating group) is 2. The first-order valence-corrected chi connectivity index (χ1v) is 27.1. The van der Waals surface area contributed by atoms with Gasteiger partial charge < -0.3 is 40.1 Å². The van der Waals surface area contributed by atoms with Crippen molar-refractivity contribution in [2.45, 2.75) is 49.0 Å². The second-order valence-electron chi connectivity index (χ2n) is 20.0. The van der Waals surface area contributed by atoms with Crippen molar-refractivity contribution in [1.29, 1.82) is 10.5 Å². The van der Waals surface area contributed by atoms with E-state index in [1.54, 1.807) is 113 Å². The van der Waals surface area contributed by atoms with E-state index >= 15 is 0 Å². The molecule has 6 atom stereocenters. The van der Waals surface area contributed by atoms with Crippen LogP contribution in [0.1, 0.15) is 65.9 Å². The predicted molar refractivity (Wildman–Crippen MR) is 309 cm³/mol. The van der Waals surface area contributed by atoms with Crippen molar-refractivity contribution in [2.24, 2.45) is 0 Å². The molecule has 430 valence electrons. The number of benzene rings is 6. The van der Waals surface area contributed by atoms with Crippen LogP contribution in [0.2, 0.25) is 20.1 Å². The summed E-state index contributed by atoms with van der Waals surface area (Å²) in [6, 6.07) is 38.9. The molecule has 6 amide bonds. The zero-order chi connectivity index (χ0) is 60.9. The number of carboxylic acid groups (broad SMARTS) is 2. The van der Waals surface area contributed by atoms with Gasteiger partial charge in [0.15, 0.2) is 0 Å². The average Bonchev–Trinajstić information content (AvgIpc) is 1.61. The standard InChI is InChI=1S/2C20H16Cl2N4O2.C20H18O8/c2*1-25-19(28)26(16-7-14(21)6-15(22)8-16)18(27)20(25)11-24-10-17(20)13-4-2-12(9-23)3-5-13;1-11-3-7-13(8-4-11)19(25)27-15(17(21)22)16(18(23)24)28-20(26)14-9-5-12(2)6-10-14/h2*2-8,17,24H,10-11H2,1H3;3-10,15-16H,1-2H3,(H,21,22)(H,23,24)/t2*17-,20+;15-,16+/m00./s1. The molecule has 0 saturated carbocycles. The number of rotatable bonds is 11. The van der Waals surface area contributed by atoms with Gasteiger partial charge in [-0.2, -0.15) is 10.5 Å². The van der Waals surface area contributed by atoms with E-state index in [1.165, 1.54) is 34.1 Å². The minimum atomic E-state index is -2.22. The second kappa shape index (κ2) is 25.3. The lowest BCUT2D eigenvalue weighted by atomic mass is 9.80. The molecule has 0 unspecified atom stereocenters. The summed E-state index contributed by atoms with van der Waals surface area (Å²) < 4.78 is 9.64. The van der Waals surface area contributed by atoms with Crippen LogP contribution in [0, 0.1) is 36.5 Å². The van der Waals surface area contributed by atoms with E-state index in [9.17, 15) is 48.6 Å². The maximum Gasteiger partial charge on any atom is 0.349 e. The highest BCUT2D eigenvalue weighted by atomic mass is 35.5. The third-order valence-electron chi connectivity index (χ3n) is 14.8. The number of anilines is 2. The Bertz CT molecular complexity index is 3410. The van der Waals surface area contributed by atoms with E-state index in [4.69, 9.17) is 66.4 Å². The van der Waals surface area contributed by atoms with Crippen molar-refractivity contribution in [2.75, 3.05) is 50.1 Å². The third-order valence-corrected chi connectivity index (χ3v) is 15.7. The summed E-state index contributed by atoms with van der Waals surface area (Å²) in [4.78, 5) is 106. The molecular weight excluding hydrogens is 1170 g/mol. The van der Waals surface area contributed by atoms with Crippen molar-refractivity contribution < 1.29 is 58.0 Å². The van der Waals surface area contributed by atoms with Gasteiger partial charge in [-0.3, -0.25) is 9.59 Å². The Hall–Kier alpha value is -8.86. The minimum Gasteiger partial charge on any atom is -0.478 e. The lowest BCUT2D eigenvalue weighted by molar-refractivity contribution is -0.166. The van der Waals surface area contributed by atoms with Crippen LogP contribution in [0.4, 0.5) is 21.0 Å². The number of urea groups is 2. The van der Waals surface area contributed by atoms with Crippen molar-refractivity contribution >= 4 is 106 Å². The third kappa shape index (κ3) is 12.1. The molecule has 4 saturated heterocycles. The van der Waals surface area contributed by atoms with Crippen LogP contribution in [0.3, 0.4) is 0 Å². The monoisotopic (exact) mass is 1210 g/mol. The number of hydrogen-bond acceptors (Lipinski definition) is 14. The number of hydrogen-bond donors (Lipinski definition) is 4. The minimum absolute atomic E-state index is 0.0332. The van der Waals surface area contributed by atoms with Gasteiger partial charge in [-0.25, -0.2) is 38.6 Å². The zero-order valence-corrected chi connectivity index (χ0v) is 48.0. The van der Waals surface area contributed by atoms with Gasteiger partial charge in [-0.15, -0.1) is 0 Å². The van der Waals surface area contributed by atoms with E-state index in [1.807, 2.05) is 24.3 Å². The van der Waals surface area contributed by atoms with E-state index < -0.39 is 59.2 Å². The number of imide groups is 2. The van der Waals surface area contributed by atoms with E-state index in [0.29, 0.717) is 68.8 Å². The first-order chi connectivity index (χ1) is 39.9. The molecule has 2 spiro atoms. The van der Waals surface area contributed by atoms with Crippen LogP contribution in [0.5, 0.6) is 0 Å². The molecule has 0 radical (unpaired) electrons. The average molecular weight is 1220 g/mol. The highest BCUT2D eigenvalue weighted by Gasteiger charge is 2.64. The van der Waals surface area contributed by atoms with Crippen LogP contribution in [0.15, 0.2) is 133 Å². The summed E-state index contributed by atoms with van der Waals surface area (Å²) in [6.45, 7) is 5.34. The Morgan fingerprint density at radius 3 is 1.13 bits per heavy atom. The molecule has 6 aromatic rings. The number of carbonyl (C=O) groups excluding carboxylic acids is 6. The summed E-state index contributed by atoms with van der Waals surface area (Å²) in [5.74, 6) is -6.76. The molecular formula is C60H50Cl4N8O12. The number of nitriles is 2. The Labute approximate surface area is 501 Å². The largest absolute Gasteiger partial charge is 0.478 e. The fraction of sp³-hybridized carbons (Fsp3) is 0.233. The smallest absolute Gasteiger partial charge is 0.349 e. The van der Waals surface area contributed by atoms with Gasteiger partial charge in [0.2, 0.25) is 12.2 Å². The fourth-order valence-electron chi connectivity index (χ4n) is 10.4. The molecule has 4 heterocycles. The van der Waals surface area contributed by atoms with Crippen LogP contribution in [0.25, 0.3) is 0 Å². The second-order valence-corrected chi connectivity index (χ2v) is 21.7. The van der Waals surface area contributed by atoms with Crippen LogP contribution in [-0.4, -0.2) is 131 Å². The lowest BCUT2D eigenvalue weighted by Crippen LogP contribution is -2.53. The molecule has 4 fully saturated rings. The molecule has 0 aromatic heterocycles. The molecule has 20 nitrogen and oxygen atoms in total. The highest BCUT2D eigenvalue weighted by molar-refractivity contribution is 6.36. The molecule has 0 aliphatic carbocycles. The Kier molecular flexibility index (Phi) is 18.5. The normalized spacial score (nSPS) is 20.4. The maximum atomic E-state index is 13.6. The number of amides is 6. The Morgan fingerprint density at radius 1 is 0.536 bits per heavy atom. The summed E-state index contributed by atoms with van der Waals surface area (Å²) in [7, 11) is 3.27. The van der Waals surface area contributed by atoms with E-state index in [-0.39, 0.29) is 34.8 Å². The number of ether oxygens (including phenoxy) is 2.